The first kappa shape index (κ1) is 20.1. The molecule has 154 valence electrons. The third-order valence-electron chi connectivity index (χ3n) is 6.05. The predicted octanol–water partition coefficient (Wildman–Crippen LogP) is 3.55. The van der Waals surface area contributed by atoms with Crippen molar-refractivity contribution in [2.45, 2.75) is 31.7 Å². The van der Waals surface area contributed by atoms with Crippen LogP contribution in [0.15, 0.2) is 47.8 Å². The molecule has 0 spiro atoms. The van der Waals surface area contributed by atoms with E-state index in [1.807, 2.05) is 28.5 Å². The van der Waals surface area contributed by atoms with Crippen LogP contribution in [0.3, 0.4) is 0 Å². The van der Waals surface area contributed by atoms with Crippen molar-refractivity contribution in [1.29, 1.82) is 0 Å². The summed E-state index contributed by atoms with van der Waals surface area (Å²) in [7, 11) is 0. The van der Waals surface area contributed by atoms with Gasteiger partial charge in [-0.15, -0.1) is 11.3 Å². The van der Waals surface area contributed by atoms with Crippen LogP contribution in [0.2, 0.25) is 0 Å². The second-order valence-electron chi connectivity index (χ2n) is 7.98. The number of carbonyl (C=O) groups is 2. The first-order valence-electron chi connectivity index (χ1n) is 10.6. The van der Waals surface area contributed by atoms with Crippen molar-refractivity contribution in [3.63, 3.8) is 0 Å². The minimum atomic E-state index is -0.123. The van der Waals surface area contributed by atoms with Crippen LogP contribution in [-0.2, 0) is 4.79 Å². The molecule has 0 saturated carbocycles. The van der Waals surface area contributed by atoms with Crippen LogP contribution in [0, 0.1) is 5.92 Å². The quantitative estimate of drug-likeness (QED) is 0.791. The summed E-state index contributed by atoms with van der Waals surface area (Å²) in [6.07, 6.45) is 4.17. The Labute approximate surface area is 176 Å². The van der Waals surface area contributed by atoms with Gasteiger partial charge in [0.2, 0.25) is 5.91 Å². The molecule has 3 heterocycles. The molecule has 4 rings (SSSR count). The maximum atomic E-state index is 12.9. The van der Waals surface area contributed by atoms with Crippen molar-refractivity contribution in [2.24, 2.45) is 5.92 Å². The molecule has 2 atom stereocenters. The molecule has 1 aromatic heterocycles. The minimum absolute atomic E-state index is 0.0525. The molecule has 2 amide bonds. The minimum Gasteiger partial charge on any atom is -0.354 e. The van der Waals surface area contributed by atoms with E-state index < -0.39 is 0 Å². The van der Waals surface area contributed by atoms with Crippen LogP contribution in [0.4, 0.5) is 0 Å². The molecule has 2 saturated heterocycles. The highest BCUT2D eigenvalue weighted by molar-refractivity contribution is 7.12. The Hall–Kier alpha value is -2.18. The first-order chi connectivity index (χ1) is 14.2. The van der Waals surface area contributed by atoms with Gasteiger partial charge in [0, 0.05) is 19.6 Å². The number of piperidine rings is 1. The van der Waals surface area contributed by atoms with Crippen molar-refractivity contribution in [3.8, 4) is 0 Å². The Morgan fingerprint density at radius 2 is 1.83 bits per heavy atom. The number of rotatable bonds is 6. The molecule has 2 aliphatic rings. The SMILES string of the molecule is O=C(NC[C@H](c1ccccc1)N1CCCC1)[C@@H]1CCCN(C(=O)c2cccs2)C1. The van der Waals surface area contributed by atoms with Gasteiger partial charge in [-0.1, -0.05) is 36.4 Å². The Balaban J connectivity index is 1.36. The van der Waals surface area contributed by atoms with Crippen molar-refractivity contribution in [2.75, 3.05) is 32.7 Å². The Morgan fingerprint density at radius 1 is 1.03 bits per heavy atom. The number of hydrogen-bond acceptors (Lipinski definition) is 4. The van der Waals surface area contributed by atoms with Gasteiger partial charge in [0.15, 0.2) is 0 Å². The third-order valence-corrected chi connectivity index (χ3v) is 6.90. The number of benzene rings is 1. The van der Waals surface area contributed by atoms with Gasteiger partial charge in [0.1, 0.15) is 0 Å². The maximum absolute atomic E-state index is 12.9. The van der Waals surface area contributed by atoms with E-state index >= 15 is 0 Å². The maximum Gasteiger partial charge on any atom is 0.263 e. The van der Waals surface area contributed by atoms with E-state index in [9.17, 15) is 9.59 Å². The molecule has 1 N–H and O–H groups in total. The van der Waals surface area contributed by atoms with Gasteiger partial charge >= 0.3 is 0 Å². The molecular formula is C23H29N3O2S. The van der Waals surface area contributed by atoms with Crippen LogP contribution in [0.25, 0.3) is 0 Å². The summed E-state index contributed by atoms with van der Waals surface area (Å²) < 4.78 is 0. The molecule has 2 fully saturated rings. The summed E-state index contributed by atoms with van der Waals surface area (Å²) in [6, 6.07) is 14.4. The summed E-state index contributed by atoms with van der Waals surface area (Å²) in [5.74, 6) is 0.00759. The predicted molar refractivity (Wildman–Crippen MR) is 116 cm³/mol. The Kier molecular flexibility index (Phi) is 6.62. The van der Waals surface area contributed by atoms with E-state index in [0.29, 0.717) is 13.1 Å². The molecule has 5 nitrogen and oxygen atoms in total. The number of nitrogens with zero attached hydrogens (tertiary/aromatic N) is 2. The average Bonchev–Trinajstić information content (AvgIpc) is 3.49. The summed E-state index contributed by atoms with van der Waals surface area (Å²) in [5, 5.41) is 5.13. The van der Waals surface area contributed by atoms with E-state index in [0.717, 1.165) is 37.4 Å². The lowest BCUT2D eigenvalue weighted by Crippen LogP contribution is -2.46. The van der Waals surface area contributed by atoms with E-state index in [1.165, 1.54) is 29.7 Å². The van der Waals surface area contributed by atoms with E-state index in [4.69, 9.17) is 0 Å². The van der Waals surface area contributed by atoms with Crippen LogP contribution < -0.4 is 5.32 Å². The number of likely N-dealkylation sites (tertiary alicyclic amines) is 2. The van der Waals surface area contributed by atoms with Gasteiger partial charge in [0.25, 0.3) is 5.91 Å². The lowest BCUT2D eigenvalue weighted by molar-refractivity contribution is -0.126. The van der Waals surface area contributed by atoms with Crippen LogP contribution in [0.5, 0.6) is 0 Å². The Bertz CT molecular complexity index is 803. The molecule has 0 radical (unpaired) electrons. The fourth-order valence-corrected chi connectivity index (χ4v) is 5.15. The highest BCUT2D eigenvalue weighted by Gasteiger charge is 2.30. The molecule has 6 heteroatoms. The molecule has 2 aliphatic heterocycles. The van der Waals surface area contributed by atoms with E-state index in [2.05, 4.69) is 34.5 Å². The number of nitrogens with one attached hydrogen (secondary N) is 1. The molecule has 0 bridgehead atoms. The monoisotopic (exact) mass is 411 g/mol. The number of thiophene rings is 1. The summed E-state index contributed by atoms with van der Waals surface area (Å²) >= 11 is 1.46. The molecule has 29 heavy (non-hydrogen) atoms. The highest BCUT2D eigenvalue weighted by Crippen LogP contribution is 2.25. The molecule has 0 aliphatic carbocycles. The van der Waals surface area contributed by atoms with Gasteiger partial charge in [-0.25, -0.2) is 0 Å². The number of amides is 2. The lowest BCUT2D eigenvalue weighted by Gasteiger charge is -2.33. The zero-order valence-corrected chi connectivity index (χ0v) is 17.6. The number of carbonyl (C=O) groups excluding carboxylic acids is 2. The average molecular weight is 412 g/mol. The van der Waals surface area contributed by atoms with Crippen molar-refractivity contribution in [3.05, 3.63) is 58.3 Å². The second-order valence-corrected chi connectivity index (χ2v) is 8.93. The van der Waals surface area contributed by atoms with Crippen molar-refractivity contribution < 1.29 is 9.59 Å². The lowest BCUT2D eigenvalue weighted by atomic mass is 9.96. The van der Waals surface area contributed by atoms with Gasteiger partial charge in [-0.3, -0.25) is 14.5 Å². The van der Waals surface area contributed by atoms with Gasteiger partial charge < -0.3 is 10.2 Å². The number of hydrogen-bond donors (Lipinski definition) is 1. The first-order valence-corrected chi connectivity index (χ1v) is 11.5. The molecule has 2 aromatic rings. The topological polar surface area (TPSA) is 52.7 Å². The summed E-state index contributed by atoms with van der Waals surface area (Å²) in [4.78, 5) is 30.7. The molecule has 1 aromatic carbocycles. The van der Waals surface area contributed by atoms with Crippen LogP contribution >= 0.6 is 11.3 Å². The summed E-state index contributed by atoms with van der Waals surface area (Å²) in [5.41, 5.74) is 1.26. The largest absolute Gasteiger partial charge is 0.354 e. The third kappa shape index (κ3) is 4.87. The van der Waals surface area contributed by atoms with Gasteiger partial charge in [-0.2, -0.15) is 0 Å². The Morgan fingerprint density at radius 3 is 2.55 bits per heavy atom. The summed E-state index contributed by atoms with van der Waals surface area (Å²) in [6.45, 7) is 4.05. The second kappa shape index (κ2) is 9.55. The van der Waals surface area contributed by atoms with Gasteiger partial charge in [-0.05, 0) is 55.8 Å². The van der Waals surface area contributed by atoms with E-state index in [1.54, 1.807) is 0 Å². The van der Waals surface area contributed by atoms with Crippen LogP contribution in [0.1, 0.15) is 47.0 Å². The smallest absolute Gasteiger partial charge is 0.263 e. The molecular weight excluding hydrogens is 382 g/mol. The fourth-order valence-electron chi connectivity index (χ4n) is 4.46. The zero-order valence-electron chi connectivity index (χ0n) is 16.8. The standard InChI is InChI=1S/C23H29N3O2S/c27-22(19-10-6-14-26(17-19)23(28)21-11-7-15-29-21)24-16-20(25-12-4-5-13-25)18-8-2-1-3-9-18/h1-3,7-9,11,15,19-20H,4-6,10,12-14,16-17H2,(H,24,27)/t19-,20-/m1/s1. The van der Waals surface area contributed by atoms with Crippen molar-refractivity contribution >= 4 is 23.2 Å². The zero-order chi connectivity index (χ0) is 20.1. The fraction of sp³-hybridized carbons (Fsp3) is 0.478. The normalized spacial score (nSPS) is 21.1. The van der Waals surface area contributed by atoms with E-state index in [-0.39, 0.29) is 23.8 Å². The highest BCUT2D eigenvalue weighted by atomic mass is 32.1. The van der Waals surface area contributed by atoms with Crippen LogP contribution in [-0.4, -0.2) is 54.3 Å². The molecule has 0 unspecified atom stereocenters. The van der Waals surface area contributed by atoms with Crippen molar-refractivity contribution in [1.82, 2.24) is 15.1 Å². The van der Waals surface area contributed by atoms with Gasteiger partial charge in [0.05, 0.1) is 16.8 Å².